The van der Waals surface area contributed by atoms with Gasteiger partial charge in [-0.3, -0.25) is 19.6 Å². The van der Waals surface area contributed by atoms with Crippen molar-refractivity contribution in [3.05, 3.63) is 0 Å². The van der Waals surface area contributed by atoms with Crippen molar-refractivity contribution >= 4 is 27.7 Å². The van der Waals surface area contributed by atoms with E-state index >= 15 is 0 Å². The zero-order valence-corrected chi connectivity index (χ0v) is 9.92. The lowest BCUT2D eigenvalue weighted by Gasteiger charge is -2.38. The molecule has 1 saturated heterocycles. The van der Waals surface area contributed by atoms with Gasteiger partial charge in [-0.15, -0.1) is 0 Å². The standard InChI is InChI=1S/C9H15BrN2O2/c1-2-8(13)11-5-3-4-6-12(11)9(14)7-10/h2-7H2,1H3. The molecule has 4 nitrogen and oxygen atoms in total. The highest BCUT2D eigenvalue weighted by Crippen LogP contribution is 2.13. The summed E-state index contributed by atoms with van der Waals surface area (Å²) >= 11 is 3.12. The molecule has 0 aromatic rings. The van der Waals surface area contributed by atoms with E-state index in [9.17, 15) is 9.59 Å². The second kappa shape index (κ2) is 5.34. The predicted molar refractivity (Wildman–Crippen MR) is 56.7 cm³/mol. The summed E-state index contributed by atoms with van der Waals surface area (Å²) in [5.74, 6) is -0.00880. The van der Waals surface area contributed by atoms with Gasteiger partial charge in [-0.1, -0.05) is 22.9 Å². The Bertz CT molecular complexity index is 209. The Hall–Kier alpha value is -0.580. The minimum Gasteiger partial charge on any atom is -0.273 e. The normalized spacial score (nSPS) is 17.0. The van der Waals surface area contributed by atoms with E-state index in [1.807, 2.05) is 6.92 Å². The number of halogens is 1. The number of nitrogens with zero attached hydrogens (tertiary/aromatic N) is 2. The lowest BCUT2D eigenvalue weighted by Crippen LogP contribution is -2.53. The van der Waals surface area contributed by atoms with Crippen molar-refractivity contribution in [2.75, 3.05) is 18.4 Å². The third-order valence-electron chi connectivity index (χ3n) is 2.27. The minimum atomic E-state index is -0.0356. The average molecular weight is 263 g/mol. The van der Waals surface area contributed by atoms with Crippen LogP contribution in [0.3, 0.4) is 0 Å². The lowest BCUT2D eigenvalue weighted by molar-refractivity contribution is -0.165. The second-order valence-electron chi connectivity index (χ2n) is 3.23. The molecule has 0 aliphatic carbocycles. The van der Waals surface area contributed by atoms with Crippen molar-refractivity contribution in [1.29, 1.82) is 0 Å². The van der Waals surface area contributed by atoms with Gasteiger partial charge in [-0.2, -0.15) is 0 Å². The number of hydrogen-bond acceptors (Lipinski definition) is 2. The topological polar surface area (TPSA) is 40.6 Å². The summed E-state index contributed by atoms with van der Waals surface area (Å²) in [4.78, 5) is 23.0. The van der Waals surface area contributed by atoms with Crippen molar-refractivity contribution in [3.63, 3.8) is 0 Å². The molecule has 1 rings (SSSR count). The third-order valence-corrected chi connectivity index (χ3v) is 2.75. The van der Waals surface area contributed by atoms with Gasteiger partial charge >= 0.3 is 0 Å². The molecule has 0 spiro atoms. The van der Waals surface area contributed by atoms with E-state index in [1.54, 1.807) is 10.0 Å². The average Bonchev–Trinajstić information content (AvgIpc) is 2.27. The maximum absolute atomic E-state index is 11.5. The Balaban J connectivity index is 2.68. The monoisotopic (exact) mass is 262 g/mol. The van der Waals surface area contributed by atoms with E-state index in [4.69, 9.17) is 0 Å². The molecule has 2 amide bonds. The van der Waals surface area contributed by atoms with E-state index in [1.165, 1.54) is 0 Å². The molecular weight excluding hydrogens is 248 g/mol. The molecule has 0 radical (unpaired) electrons. The third kappa shape index (κ3) is 2.47. The molecule has 0 aromatic heterocycles. The Morgan fingerprint density at radius 1 is 1.14 bits per heavy atom. The summed E-state index contributed by atoms with van der Waals surface area (Å²) < 4.78 is 0. The number of carbonyl (C=O) groups excluding carboxylic acids is 2. The molecule has 0 bridgehead atoms. The SMILES string of the molecule is CCC(=O)N1CCCCN1C(=O)CBr. The Kier molecular flexibility index (Phi) is 4.38. The molecule has 0 N–H and O–H groups in total. The molecule has 14 heavy (non-hydrogen) atoms. The summed E-state index contributed by atoms with van der Waals surface area (Å²) in [5.41, 5.74) is 0. The van der Waals surface area contributed by atoms with Crippen LogP contribution in [-0.4, -0.2) is 40.3 Å². The largest absolute Gasteiger partial charge is 0.273 e. The summed E-state index contributed by atoms with van der Waals surface area (Å²) in [6, 6.07) is 0. The van der Waals surface area contributed by atoms with Crippen molar-refractivity contribution < 1.29 is 9.59 Å². The zero-order chi connectivity index (χ0) is 10.6. The maximum Gasteiger partial charge on any atom is 0.251 e. The van der Waals surface area contributed by atoms with Crippen LogP contribution in [0, 0.1) is 0 Å². The van der Waals surface area contributed by atoms with E-state index in [0.29, 0.717) is 19.5 Å². The van der Waals surface area contributed by atoms with E-state index in [2.05, 4.69) is 15.9 Å². The van der Waals surface area contributed by atoms with Crippen LogP contribution in [-0.2, 0) is 9.59 Å². The molecule has 0 unspecified atom stereocenters. The maximum atomic E-state index is 11.5. The fourth-order valence-corrected chi connectivity index (χ4v) is 1.82. The smallest absolute Gasteiger partial charge is 0.251 e. The zero-order valence-electron chi connectivity index (χ0n) is 8.33. The molecular formula is C9H15BrN2O2. The van der Waals surface area contributed by atoms with Crippen molar-refractivity contribution in [1.82, 2.24) is 10.0 Å². The molecule has 1 aliphatic heterocycles. The van der Waals surface area contributed by atoms with E-state index < -0.39 is 0 Å². The minimum absolute atomic E-state index is 0.0269. The summed E-state index contributed by atoms with van der Waals surface area (Å²) in [6.07, 6.45) is 2.41. The number of rotatable bonds is 2. The van der Waals surface area contributed by atoms with Crippen molar-refractivity contribution in [2.24, 2.45) is 0 Å². The molecule has 0 saturated carbocycles. The highest BCUT2D eigenvalue weighted by atomic mass is 79.9. The summed E-state index contributed by atoms with van der Waals surface area (Å²) in [5, 5.41) is 3.41. The Morgan fingerprint density at radius 2 is 1.64 bits per heavy atom. The van der Waals surface area contributed by atoms with Gasteiger partial charge in [-0.25, -0.2) is 0 Å². The van der Waals surface area contributed by atoms with Crippen LogP contribution in [0.25, 0.3) is 0 Å². The van der Waals surface area contributed by atoms with Gasteiger partial charge in [0.05, 0.1) is 5.33 Å². The Morgan fingerprint density at radius 3 is 2.07 bits per heavy atom. The molecule has 1 fully saturated rings. The first-order valence-corrected chi connectivity index (χ1v) is 5.99. The van der Waals surface area contributed by atoms with Crippen LogP contribution < -0.4 is 0 Å². The van der Waals surface area contributed by atoms with Gasteiger partial charge in [0, 0.05) is 19.5 Å². The number of hydrazine groups is 1. The van der Waals surface area contributed by atoms with Crippen LogP contribution in [0.15, 0.2) is 0 Å². The molecule has 5 heteroatoms. The fourth-order valence-electron chi connectivity index (χ4n) is 1.53. The van der Waals surface area contributed by atoms with E-state index in [-0.39, 0.29) is 17.1 Å². The van der Waals surface area contributed by atoms with Gasteiger partial charge < -0.3 is 0 Å². The molecule has 0 aromatic carbocycles. The number of amides is 2. The Labute approximate surface area is 92.3 Å². The van der Waals surface area contributed by atoms with Gasteiger partial charge in [0.15, 0.2) is 0 Å². The molecule has 80 valence electrons. The van der Waals surface area contributed by atoms with Crippen LogP contribution in [0.4, 0.5) is 0 Å². The highest BCUT2D eigenvalue weighted by molar-refractivity contribution is 9.09. The number of carbonyl (C=O) groups is 2. The van der Waals surface area contributed by atoms with Gasteiger partial charge in [0.1, 0.15) is 0 Å². The van der Waals surface area contributed by atoms with Crippen molar-refractivity contribution in [2.45, 2.75) is 26.2 Å². The fraction of sp³-hybridized carbons (Fsp3) is 0.778. The van der Waals surface area contributed by atoms with Crippen LogP contribution in [0.1, 0.15) is 26.2 Å². The van der Waals surface area contributed by atoms with Gasteiger partial charge in [0.2, 0.25) is 5.91 Å². The van der Waals surface area contributed by atoms with Crippen molar-refractivity contribution in [3.8, 4) is 0 Å². The summed E-state index contributed by atoms with van der Waals surface area (Å²) in [7, 11) is 0. The molecule has 1 heterocycles. The number of alkyl halides is 1. The number of hydrogen-bond donors (Lipinski definition) is 0. The second-order valence-corrected chi connectivity index (χ2v) is 3.79. The van der Waals surface area contributed by atoms with Gasteiger partial charge in [-0.05, 0) is 12.8 Å². The molecule has 1 aliphatic rings. The lowest BCUT2D eigenvalue weighted by atomic mass is 10.2. The summed E-state index contributed by atoms with van der Waals surface area (Å²) in [6.45, 7) is 3.15. The van der Waals surface area contributed by atoms with Gasteiger partial charge in [0.25, 0.3) is 5.91 Å². The van der Waals surface area contributed by atoms with Crippen LogP contribution in [0.2, 0.25) is 0 Å². The van der Waals surface area contributed by atoms with Crippen LogP contribution >= 0.6 is 15.9 Å². The first-order chi connectivity index (χ1) is 6.70. The van der Waals surface area contributed by atoms with Crippen LogP contribution in [0.5, 0.6) is 0 Å². The molecule has 0 atom stereocenters. The highest BCUT2D eigenvalue weighted by Gasteiger charge is 2.26. The first-order valence-electron chi connectivity index (χ1n) is 4.87. The first kappa shape index (κ1) is 11.5. The quantitative estimate of drug-likeness (QED) is 0.701. The predicted octanol–water partition coefficient (Wildman–Crippen LogP) is 1.16. The van der Waals surface area contributed by atoms with E-state index in [0.717, 1.165) is 12.8 Å².